The zero-order valence-electron chi connectivity index (χ0n) is 12.5. The van der Waals surface area contributed by atoms with E-state index in [0.29, 0.717) is 23.5 Å². The maximum atomic E-state index is 6.57. The molecule has 0 amide bonds. The Labute approximate surface area is 125 Å². The van der Waals surface area contributed by atoms with Gasteiger partial charge in [0.1, 0.15) is 11.9 Å². The molecule has 7 rings (SSSR count). The molecular formula is C19H21NO. The molecule has 1 aromatic rings. The van der Waals surface area contributed by atoms with Crippen molar-refractivity contribution in [1.82, 2.24) is 4.90 Å². The highest BCUT2D eigenvalue weighted by Crippen LogP contribution is 2.71. The Morgan fingerprint density at radius 3 is 3.10 bits per heavy atom. The van der Waals surface area contributed by atoms with Gasteiger partial charge in [0.15, 0.2) is 0 Å². The Hall–Kier alpha value is -1.28. The highest BCUT2D eigenvalue weighted by Gasteiger charge is 2.72. The Morgan fingerprint density at radius 1 is 1.29 bits per heavy atom. The van der Waals surface area contributed by atoms with Gasteiger partial charge in [-0.05, 0) is 50.9 Å². The SMILES string of the molecule is CN1CC[C@]23c4c5cccc4OC2C2C=CC3(CC2)[C@H]1C5. The van der Waals surface area contributed by atoms with Gasteiger partial charge in [0.25, 0.3) is 0 Å². The van der Waals surface area contributed by atoms with Crippen molar-refractivity contribution in [3.8, 4) is 5.75 Å². The van der Waals surface area contributed by atoms with E-state index in [9.17, 15) is 0 Å². The van der Waals surface area contributed by atoms with Crippen molar-refractivity contribution in [3.63, 3.8) is 0 Å². The number of fused-ring (bicyclic) bond motifs is 1. The summed E-state index contributed by atoms with van der Waals surface area (Å²) in [7, 11) is 2.33. The van der Waals surface area contributed by atoms with Crippen LogP contribution >= 0.6 is 0 Å². The van der Waals surface area contributed by atoms with Crippen molar-refractivity contribution in [3.05, 3.63) is 41.5 Å². The average Bonchev–Trinajstić information content (AvgIpc) is 2.87. The minimum atomic E-state index is 0.284. The molecule has 0 radical (unpaired) electrons. The van der Waals surface area contributed by atoms with E-state index in [0.717, 1.165) is 0 Å². The van der Waals surface area contributed by atoms with E-state index in [1.54, 1.807) is 11.1 Å². The number of likely N-dealkylation sites (tertiary alicyclic amines) is 1. The zero-order valence-corrected chi connectivity index (χ0v) is 12.5. The number of piperidine rings is 1. The molecule has 1 saturated heterocycles. The molecular weight excluding hydrogens is 258 g/mol. The lowest BCUT2D eigenvalue weighted by Crippen LogP contribution is -2.72. The number of benzene rings is 1. The lowest BCUT2D eigenvalue weighted by Gasteiger charge is -2.67. The first-order valence-corrected chi connectivity index (χ1v) is 8.45. The highest BCUT2D eigenvalue weighted by molar-refractivity contribution is 5.59. The molecule has 2 nitrogen and oxygen atoms in total. The van der Waals surface area contributed by atoms with Gasteiger partial charge in [0, 0.05) is 28.4 Å². The third-order valence-corrected chi connectivity index (χ3v) is 7.45. The summed E-state index contributed by atoms with van der Waals surface area (Å²) in [5.74, 6) is 1.84. The number of ether oxygens (including phenoxy) is 1. The fourth-order valence-corrected chi connectivity index (χ4v) is 6.71. The molecule has 2 aliphatic heterocycles. The average molecular weight is 279 g/mol. The molecule has 2 heteroatoms. The van der Waals surface area contributed by atoms with Gasteiger partial charge >= 0.3 is 0 Å². The molecule has 0 aromatic heterocycles. The number of likely N-dealkylation sites (N-methyl/N-ethyl adjacent to an activating group) is 1. The second-order valence-corrected chi connectivity index (χ2v) is 7.85. The van der Waals surface area contributed by atoms with Crippen LogP contribution in [-0.2, 0) is 11.8 Å². The van der Waals surface area contributed by atoms with E-state index >= 15 is 0 Å². The summed E-state index contributed by atoms with van der Waals surface area (Å²) in [4.78, 5) is 2.63. The van der Waals surface area contributed by atoms with E-state index in [4.69, 9.17) is 4.74 Å². The Morgan fingerprint density at radius 2 is 2.24 bits per heavy atom. The second kappa shape index (κ2) is 3.22. The van der Waals surface area contributed by atoms with Crippen LogP contribution in [-0.4, -0.2) is 30.6 Å². The quantitative estimate of drug-likeness (QED) is 0.677. The third-order valence-electron chi connectivity index (χ3n) is 7.45. The van der Waals surface area contributed by atoms with Crippen molar-refractivity contribution < 1.29 is 4.74 Å². The van der Waals surface area contributed by atoms with E-state index in [-0.39, 0.29) is 5.41 Å². The molecule has 1 aromatic carbocycles. The minimum absolute atomic E-state index is 0.284. The van der Waals surface area contributed by atoms with Gasteiger partial charge in [-0.2, -0.15) is 0 Å². The standard InChI is InChI=1S/C19H21NO/c1-20-10-9-19-16-13-3-2-4-14(16)21-17(19)12-5-7-18(19,8-6-12)15(20)11-13/h2-5,7,12,15,17H,6,8-11H2,1H3/t12?,15-,17?,18?,19+/m1/s1. The molecule has 1 saturated carbocycles. The first-order valence-electron chi connectivity index (χ1n) is 8.45. The van der Waals surface area contributed by atoms with Crippen molar-refractivity contribution in [2.24, 2.45) is 11.3 Å². The predicted octanol–water partition coefficient (Wildman–Crippen LogP) is 2.91. The van der Waals surface area contributed by atoms with Gasteiger partial charge in [0.05, 0.1) is 0 Å². The molecule has 4 bridgehead atoms. The van der Waals surface area contributed by atoms with Crippen molar-refractivity contribution >= 4 is 0 Å². The van der Waals surface area contributed by atoms with Crippen molar-refractivity contribution in [2.45, 2.75) is 43.2 Å². The molecule has 2 heterocycles. The lowest BCUT2D eigenvalue weighted by atomic mass is 9.40. The summed E-state index contributed by atoms with van der Waals surface area (Å²) in [6.07, 6.45) is 10.7. The van der Waals surface area contributed by atoms with Crippen LogP contribution in [0.15, 0.2) is 30.4 Å². The molecule has 2 spiro atoms. The Kier molecular flexibility index (Phi) is 1.73. The van der Waals surface area contributed by atoms with Gasteiger partial charge in [0.2, 0.25) is 0 Å². The molecule has 6 aliphatic rings. The fraction of sp³-hybridized carbons (Fsp3) is 0.579. The second-order valence-electron chi connectivity index (χ2n) is 7.85. The van der Waals surface area contributed by atoms with Crippen LogP contribution in [0.5, 0.6) is 5.75 Å². The van der Waals surface area contributed by atoms with Crippen LogP contribution in [0.4, 0.5) is 0 Å². The summed E-state index contributed by atoms with van der Waals surface area (Å²) in [6.45, 7) is 1.22. The van der Waals surface area contributed by atoms with Crippen LogP contribution in [0.1, 0.15) is 30.4 Å². The van der Waals surface area contributed by atoms with Crippen LogP contribution in [0, 0.1) is 11.3 Å². The summed E-state index contributed by atoms with van der Waals surface area (Å²) < 4.78 is 6.57. The monoisotopic (exact) mass is 279 g/mol. The summed E-state index contributed by atoms with van der Waals surface area (Å²) in [5.41, 5.74) is 3.79. The van der Waals surface area contributed by atoms with Crippen LogP contribution < -0.4 is 4.74 Å². The maximum Gasteiger partial charge on any atom is 0.124 e. The molecule has 2 fully saturated rings. The predicted molar refractivity (Wildman–Crippen MR) is 81.6 cm³/mol. The summed E-state index contributed by atoms with van der Waals surface area (Å²) in [5, 5.41) is 0. The van der Waals surface area contributed by atoms with Crippen LogP contribution in [0.2, 0.25) is 0 Å². The Balaban J connectivity index is 1.76. The van der Waals surface area contributed by atoms with Gasteiger partial charge in [-0.25, -0.2) is 0 Å². The molecule has 4 aliphatic carbocycles. The van der Waals surface area contributed by atoms with Crippen molar-refractivity contribution in [2.75, 3.05) is 13.6 Å². The number of hydrogen-bond donors (Lipinski definition) is 0. The first kappa shape index (κ1) is 11.3. The Bertz CT molecular complexity index is 695. The van der Waals surface area contributed by atoms with Crippen molar-refractivity contribution in [1.29, 1.82) is 0 Å². The first-order chi connectivity index (χ1) is 10.3. The number of hydrogen-bond acceptors (Lipinski definition) is 2. The molecule has 3 unspecified atom stereocenters. The topological polar surface area (TPSA) is 12.5 Å². The third kappa shape index (κ3) is 0.963. The van der Waals surface area contributed by atoms with E-state index in [2.05, 4.69) is 42.3 Å². The van der Waals surface area contributed by atoms with Gasteiger partial charge in [-0.3, -0.25) is 0 Å². The molecule has 108 valence electrons. The van der Waals surface area contributed by atoms with Gasteiger partial charge in [-0.15, -0.1) is 0 Å². The lowest BCUT2D eigenvalue weighted by molar-refractivity contribution is -0.113. The number of rotatable bonds is 0. The van der Waals surface area contributed by atoms with Crippen LogP contribution in [0.25, 0.3) is 0 Å². The van der Waals surface area contributed by atoms with E-state index < -0.39 is 0 Å². The zero-order chi connectivity index (χ0) is 13.8. The minimum Gasteiger partial charge on any atom is -0.489 e. The largest absolute Gasteiger partial charge is 0.489 e. The normalized spacial score (nSPS) is 48.1. The molecule has 0 N–H and O–H groups in total. The van der Waals surface area contributed by atoms with Crippen LogP contribution in [0.3, 0.4) is 0 Å². The highest BCUT2D eigenvalue weighted by atomic mass is 16.5. The van der Waals surface area contributed by atoms with E-state index in [1.807, 2.05) is 0 Å². The smallest absolute Gasteiger partial charge is 0.124 e. The molecule has 21 heavy (non-hydrogen) atoms. The molecule has 5 atom stereocenters. The van der Waals surface area contributed by atoms with Gasteiger partial charge < -0.3 is 9.64 Å². The number of nitrogens with zero attached hydrogens (tertiary/aromatic N) is 1. The maximum absolute atomic E-state index is 6.57. The summed E-state index contributed by atoms with van der Waals surface area (Å²) in [6, 6.07) is 7.44. The summed E-state index contributed by atoms with van der Waals surface area (Å²) >= 11 is 0. The van der Waals surface area contributed by atoms with E-state index in [1.165, 1.54) is 38.0 Å². The van der Waals surface area contributed by atoms with Gasteiger partial charge in [-0.1, -0.05) is 24.3 Å². The fourth-order valence-electron chi connectivity index (χ4n) is 6.71.